The number of unbranched alkanes of at least 4 members (excludes halogenated alkanes) is 31. The van der Waals surface area contributed by atoms with Gasteiger partial charge >= 0.3 is 5.97 Å². The number of ether oxygens (including phenoxy) is 3. The quantitative estimate of drug-likeness (QED) is 0.0149. The minimum Gasteiger partial charge on any atom is -0.454 e. The molecule has 11 heteroatoms. The summed E-state index contributed by atoms with van der Waals surface area (Å²) in [6.45, 7) is 5.64. The fourth-order valence-corrected chi connectivity index (χ4v) is 9.12. The van der Waals surface area contributed by atoms with Crippen molar-refractivity contribution >= 4 is 11.9 Å². The lowest BCUT2D eigenvalue weighted by atomic mass is 9.99. The van der Waals surface area contributed by atoms with Gasteiger partial charge in [-0.05, 0) is 44.9 Å². The minimum absolute atomic E-state index is 0.124. The average molecular weight is 1000 g/mol. The van der Waals surface area contributed by atoms with E-state index in [0.29, 0.717) is 12.8 Å². The molecular formula is C60H109NO10. The summed E-state index contributed by atoms with van der Waals surface area (Å²) in [6.07, 6.45) is 47.3. The Morgan fingerprint density at radius 3 is 1.51 bits per heavy atom. The molecule has 0 aromatic carbocycles. The minimum atomic E-state index is -1.61. The highest BCUT2D eigenvalue weighted by Gasteiger charge is 2.47. The Morgan fingerprint density at radius 1 is 0.563 bits per heavy atom. The number of hydrogen-bond acceptors (Lipinski definition) is 10. The number of nitrogens with one attached hydrogen (secondary N) is 1. The van der Waals surface area contributed by atoms with Crippen LogP contribution in [0, 0.1) is 0 Å². The van der Waals surface area contributed by atoms with Gasteiger partial charge in [-0.25, -0.2) is 0 Å². The molecule has 1 amide bonds. The fourth-order valence-electron chi connectivity index (χ4n) is 9.12. The summed E-state index contributed by atoms with van der Waals surface area (Å²) < 4.78 is 17.6. The molecule has 1 heterocycles. The monoisotopic (exact) mass is 1000 g/mol. The van der Waals surface area contributed by atoms with Crippen LogP contribution < -0.4 is 5.32 Å². The third-order valence-electron chi connectivity index (χ3n) is 13.8. The van der Waals surface area contributed by atoms with Crippen LogP contribution >= 0.6 is 0 Å². The zero-order chi connectivity index (χ0) is 51.8. The van der Waals surface area contributed by atoms with E-state index < -0.39 is 67.4 Å². The first-order valence-electron chi connectivity index (χ1n) is 29.4. The van der Waals surface area contributed by atoms with Crippen LogP contribution in [0.5, 0.6) is 0 Å². The van der Waals surface area contributed by atoms with Gasteiger partial charge in [-0.15, -0.1) is 0 Å². The second-order valence-electron chi connectivity index (χ2n) is 20.4. The first-order chi connectivity index (χ1) is 34.7. The van der Waals surface area contributed by atoms with Gasteiger partial charge < -0.3 is 45.1 Å². The van der Waals surface area contributed by atoms with Crippen LogP contribution in [0.4, 0.5) is 0 Å². The standard InChI is InChI=1S/C60H109NO10/c1-4-7-10-13-16-19-22-25-26-27-28-30-33-36-39-42-45-48-55(65)71-58-57(67)56(66)54(49-62)70-60(58)69-50-51(52(63)46-43-40-37-34-32-29-23-20-17-14-11-8-5-2)61-59(68)53(64)47-44-41-38-35-31-24-21-18-15-12-9-6-3/h9,12,15,18,21,24,43,46,51-54,56-58,60,62-64,66-67H,4-8,10-11,13-14,16-17,19-20,22-23,25-42,44-45,47-50H2,1-3H3,(H,61,68)/b12-9+,18-15+,24-21-,46-43+. The highest BCUT2D eigenvalue weighted by atomic mass is 16.7. The number of carbonyl (C=O) groups excluding carboxylic acids is 2. The maximum atomic E-state index is 13.3. The van der Waals surface area contributed by atoms with Crippen LogP contribution in [0.25, 0.3) is 0 Å². The molecule has 0 aromatic rings. The molecule has 0 saturated carbocycles. The van der Waals surface area contributed by atoms with E-state index in [0.717, 1.165) is 70.6 Å². The maximum Gasteiger partial charge on any atom is 0.306 e. The molecule has 8 unspecified atom stereocenters. The summed E-state index contributed by atoms with van der Waals surface area (Å²) in [5.41, 5.74) is 0. The number of esters is 1. The predicted molar refractivity (Wildman–Crippen MR) is 292 cm³/mol. The van der Waals surface area contributed by atoms with Crippen molar-refractivity contribution in [2.45, 2.75) is 307 Å². The lowest BCUT2D eigenvalue weighted by Gasteiger charge is -2.41. The summed E-state index contributed by atoms with van der Waals surface area (Å²) in [5.74, 6) is -1.21. The third-order valence-corrected chi connectivity index (χ3v) is 13.8. The number of amides is 1. The predicted octanol–water partition coefficient (Wildman–Crippen LogP) is 13.3. The summed E-state index contributed by atoms with van der Waals surface area (Å²) in [7, 11) is 0. The van der Waals surface area contributed by atoms with E-state index >= 15 is 0 Å². The topological polar surface area (TPSA) is 175 Å². The maximum absolute atomic E-state index is 13.3. The molecule has 71 heavy (non-hydrogen) atoms. The van der Waals surface area contributed by atoms with E-state index in [2.05, 4.69) is 38.2 Å². The first kappa shape index (κ1) is 66.6. The number of rotatable bonds is 49. The van der Waals surface area contributed by atoms with Gasteiger partial charge in [0.05, 0.1) is 25.4 Å². The van der Waals surface area contributed by atoms with E-state index in [4.69, 9.17) is 14.2 Å². The fraction of sp³-hybridized carbons (Fsp3) is 0.833. The molecule has 0 spiro atoms. The molecule has 6 N–H and O–H groups in total. The van der Waals surface area contributed by atoms with Crippen molar-refractivity contribution in [1.82, 2.24) is 5.32 Å². The third kappa shape index (κ3) is 37.1. The average Bonchev–Trinajstić information content (AvgIpc) is 3.37. The zero-order valence-electron chi connectivity index (χ0n) is 45.6. The van der Waals surface area contributed by atoms with Crippen molar-refractivity contribution in [2.24, 2.45) is 0 Å². The van der Waals surface area contributed by atoms with Gasteiger partial charge in [-0.1, -0.05) is 256 Å². The van der Waals surface area contributed by atoms with Gasteiger partial charge in [-0.2, -0.15) is 0 Å². The van der Waals surface area contributed by atoms with Gasteiger partial charge in [-0.3, -0.25) is 9.59 Å². The Hall–Kier alpha value is -2.38. The Balaban J connectivity index is 2.71. The molecule has 0 aliphatic carbocycles. The van der Waals surface area contributed by atoms with Crippen molar-refractivity contribution in [3.63, 3.8) is 0 Å². The molecule has 0 radical (unpaired) electrons. The number of allylic oxidation sites excluding steroid dienone is 7. The second kappa shape index (κ2) is 48.6. The van der Waals surface area contributed by atoms with E-state index in [-0.39, 0.29) is 19.4 Å². The molecule has 0 aromatic heterocycles. The van der Waals surface area contributed by atoms with Gasteiger partial charge in [0.25, 0.3) is 0 Å². The molecule has 1 aliphatic heterocycles. The summed E-state index contributed by atoms with van der Waals surface area (Å²) in [6, 6.07) is -1.03. The zero-order valence-corrected chi connectivity index (χ0v) is 45.6. The first-order valence-corrected chi connectivity index (χ1v) is 29.4. The SMILES string of the molecule is CC/C=C/C=C/C=C\CCCCCCC(O)C(=O)NC(COC1OC(CO)C(O)C(O)C1OC(=O)CCCCCCCCCCCCCCCCCCC)C(O)/C=C/CCCCCCCCCCCCC. The van der Waals surface area contributed by atoms with Gasteiger partial charge in [0.1, 0.15) is 24.4 Å². The van der Waals surface area contributed by atoms with Crippen LogP contribution in [0.1, 0.15) is 258 Å². The molecule has 1 aliphatic rings. The van der Waals surface area contributed by atoms with Crippen molar-refractivity contribution in [2.75, 3.05) is 13.2 Å². The number of hydrogen-bond donors (Lipinski definition) is 6. The Bertz CT molecular complexity index is 1340. The van der Waals surface area contributed by atoms with Crippen LogP contribution in [0.15, 0.2) is 48.6 Å². The van der Waals surface area contributed by atoms with E-state index in [1.807, 2.05) is 30.4 Å². The normalized spacial score (nSPS) is 19.9. The van der Waals surface area contributed by atoms with Crippen LogP contribution in [-0.2, 0) is 23.8 Å². The largest absolute Gasteiger partial charge is 0.454 e. The van der Waals surface area contributed by atoms with Crippen LogP contribution in [0.2, 0.25) is 0 Å². The highest BCUT2D eigenvalue weighted by Crippen LogP contribution is 2.26. The molecular weight excluding hydrogens is 895 g/mol. The Kier molecular flexibility index (Phi) is 45.6. The van der Waals surface area contributed by atoms with Gasteiger partial charge in [0, 0.05) is 6.42 Å². The lowest BCUT2D eigenvalue weighted by Crippen LogP contribution is -2.61. The van der Waals surface area contributed by atoms with Crippen molar-refractivity contribution in [3.05, 3.63) is 48.6 Å². The number of aliphatic hydroxyl groups excluding tert-OH is 5. The van der Waals surface area contributed by atoms with Crippen LogP contribution in [0.3, 0.4) is 0 Å². The van der Waals surface area contributed by atoms with E-state index in [1.165, 1.54) is 141 Å². The van der Waals surface area contributed by atoms with Crippen LogP contribution in [-0.4, -0.2) is 99.6 Å². The molecule has 414 valence electrons. The van der Waals surface area contributed by atoms with Gasteiger partial charge in [0.2, 0.25) is 5.91 Å². The lowest BCUT2D eigenvalue weighted by molar-refractivity contribution is -0.305. The van der Waals surface area contributed by atoms with Crippen molar-refractivity contribution in [3.8, 4) is 0 Å². The molecule has 11 nitrogen and oxygen atoms in total. The highest BCUT2D eigenvalue weighted by molar-refractivity contribution is 5.80. The van der Waals surface area contributed by atoms with Gasteiger partial charge in [0.15, 0.2) is 12.4 Å². The Morgan fingerprint density at radius 2 is 1.01 bits per heavy atom. The van der Waals surface area contributed by atoms with Crippen molar-refractivity contribution in [1.29, 1.82) is 0 Å². The number of aliphatic hydroxyl groups is 5. The Labute approximate surface area is 434 Å². The molecule has 8 atom stereocenters. The van der Waals surface area contributed by atoms with E-state index in [9.17, 15) is 35.1 Å². The molecule has 0 bridgehead atoms. The molecule has 1 saturated heterocycles. The number of carbonyl (C=O) groups is 2. The van der Waals surface area contributed by atoms with E-state index in [1.54, 1.807) is 6.08 Å². The smallest absolute Gasteiger partial charge is 0.306 e. The molecule has 1 rings (SSSR count). The second-order valence-corrected chi connectivity index (χ2v) is 20.4. The summed E-state index contributed by atoms with van der Waals surface area (Å²) in [5, 5.41) is 56.8. The molecule has 1 fully saturated rings. The van der Waals surface area contributed by atoms with Crippen molar-refractivity contribution < 1.29 is 49.3 Å². The summed E-state index contributed by atoms with van der Waals surface area (Å²) in [4.78, 5) is 26.5. The summed E-state index contributed by atoms with van der Waals surface area (Å²) >= 11 is 0.